The zero-order valence-electron chi connectivity index (χ0n) is 43.4. The Kier molecular flexibility index (Phi) is 24.7. The molecule has 0 heterocycles. The van der Waals surface area contributed by atoms with Crippen LogP contribution in [0.3, 0.4) is 0 Å². The van der Waals surface area contributed by atoms with Crippen molar-refractivity contribution in [3.05, 3.63) is 364 Å². The van der Waals surface area contributed by atoms with Crippen molar-refractivity contribution in [2.24, 2.45) is 0 Å². The van der Waals surface area contributed by atoms with Crippen LogP contribution in [0.5, 0.6) is 0 Å². The van der Waals surface area contributed by atoms with E-state index in [1.54, 1.807) is 0 Å². The van der Waals surface area contributed by atoms with Crippen molar-refractivity contribution in [2.75, 3.05) is 0 Å². The fourth-order valence-electron chi connectivity index (χ4n) is 9.26. The summed E-state index contributed by atoms with van der Waals surface area (Å²) in [7, 11) is 4.57. The van der Waals surface area contributed by atoms with Gasteiger partial charge in [-0.1, -0.05) is 0 Å². The van der Waals surface area contributed by atoms with Crippen LogP contribution in [-0.4, -0.2) is 58.6 Å². The van der Waals surface area contributed by atoms with E-state index in [0.29, 0.717) is 0 Å². The van der Waals surface area contributed by atoms with Gasteiger partial charge in [0.05, 0.1) is 0 Å². The summed E-state index contributed by atoms with van der Waals surface area (Å²) in [6.45, 7) is 0. The minimum atomic E-state index is -1.63. The molecular weight excluding hydrogens is 1300 g/mol. The van der Waals surface area contributed by atoms with E-state index in [9.17, 15) is 0 Å². The Morgan fingerprint density at radius 3 is 0.256 bits per heavy atom. The van der Waals surface area contributed by atoms with Gasteiger partial charge < -0.3 is 0 Å². The first-order valence-corrected chi connectivity index (χ1v) is 40.9. The van der Waals surface area contributed by atoms with Crippen molar-refractivity contribution in [1.82, 2.24) is 0 Å². The van der Waals surface area contributed by atoms with Crippen molar-refractivity contribution < 1.29 is 17.3 Å². The van der Waals surface area contributed by atoms with Crippen LogP contribution in [0.4, 0.5) is 0 Å². The number of benzene rings is 12. The molecule has 0 unspecified atom stereocenters. The summed E-state index contributed by atoms with van der Waals surface area (Å²) < 4.78 is 18.0. The van der Waals surface area contributed by atoms with Gasteiger partial charge in [-0.25, -0.2) is 0 Å². The third-order valence-corrected chi connectivity index (χ3v) is 35.7. The third kappa shape index (κ3) is 17.4. The van der Waals surface area contributed by atoms with Gasteiger partial charge in [-0.3, -0.25) is 0 Å². The van der Waals surface area contributed by atoms with E-state index in [2.05, 4.69) is 374 Å². The van der Waals surface area contributed by atoms with Crippen LogP contribution in [0.25, 0.3) is 0 Å². The number of rotatable bonds is 12. The normalized spacial score (nSPS) is 10.4. The van der Waals surface area contributed by atoms with Crippen molar-refractivity contribution in [3.63, 3.8) is 0 Å². The Labute approximate surface area is 496 Å². The number of hydrogen-bond donors (Lipinski definition) is 0. The molecule has 0 saturated heterocycles. The Morgan fingerprint density at radius 2 is 0.192 bits per heavy atom. The van der Waals surface area contributed by atoms with Crippen molar-refractivity contribution >= 4 is 121 Å². The zero-order valence-corrected chi connectivity index (χ0v) is 54.3. The molecule has 387 valence electrons. The van der Waals surface area contributed by atoms with Crippen LogP contribution in [0.15, 0.2) is 364 Å². The van der Waals surface area contributed by atoms with E-state index in [1.165, 1.54) is 52.2 Å². The minimum absolute atomic E-state index is 1.50. The van der Waals surface area contributed by atoms with Gasteiger partial charge in [0.25, 0.3) is 0 Å². The van der Waals surface area contributed by atoms with Gasteiger partial charge >= 0.3 is 502 Å². The van der Waals surface area contributed by atoms with Gasteiger partial charge in [-0.15, -0.1) is 0 Å². The summed E-state index contributed by atoms with van der Waals surface area (Å²) >= 11 is -4.71. The Morgan fingerprint density at radius 1 is 0.128 bits per heavy atom. The van der Waals surface area contributed by atoms with E-state index < -0.39 is 58.6 Å². The molecule has 0 aliphatic heterocycles. The third-order valence-electron chi connectivity index (χ3n) is 12.7. The van der Waals surface area contributed by atoms with Crippen LogP contribution in [-0.2, 0) is 17.3 Å². The van der Waals surface area contributed by atoms with Gasteiger partial charge in [-0.2, -0.15) is 0 Å². The molecule has 0 atom stereocenters. The van der Waals surface area contributed by atoms with Crippen molar-refractivity contribution in [1.29, 1.82) is 0 Å². The maximum absolute atomic E-state index is 4.57. The van der Waals surface area contributed by atoms with Crippen LogP contribution >= 0.6 is 9.69 Å². The average Bonchev–Trinajstić information content (AvgIpc) is 3.55. The fourth-order valence-corrected chi connectivity index (χ4v) is 30.9. The standard InChI is InChI=1S/4C18H16As.ClH.Ru/c4*1-4-10-16(11-5-1)19(17-12-6-2-7-13-17)18-14-8-3-9-15-18;;/h4*1-15,19H;1H;/q;;;;;+1/p-1. The van der Waals surface area contributed by atoms with E-state index in [1.807, 2.05) is 17.3 Å². The molecule has 0 aliphatic carbocycles. The second-order valence-electron chi connectivity index (χ2n) is 17.9. The Bertz CT molecular complexity index is 2580. The van der Waals surface area contributed by atoms with Crippen molar-refractivity contribution in [2.45, 2.75) is 0 Å². The van der Waals surface area contributed by atoms with Crippen LogP contribution < -0.4 is 52.2 Å². The van der Waals surface area contributed by atoms with E-state index in [-0.39, 0.29) is 0 Å². The van der Waals surface area contributed by atoms with Gasteiger partial charge in [0.2, 0.25) is 0 Å². The molecule has 0 N–H and O–H groups in total. The molecule has 0 spiro atoms. The first kappa shape index (κ1) is 57.9. The maximum atomic E-state index is 4.57. The van der Waals surface area contributed by atoms with Crippen molar-refractivity contribution in [3.8, 4) is 0 Å². The first-order chi connectivity index (χ1) is 38.8. The first-order valence-electron chi connectivity index (χ1n) is 26.1. The molecule has 0 aliphatic rings. The fraction of sp³-hybridized carbons (Fsp3) is 0. The molecule has 0 aromatic heterocycles. The molecule has 12 aromatic carbocycles. The topological polar surface area (TPSA) is 0 Å². The second-order valence-corrected chi connectivity index (χ2v) is 38.7. The summed E-state index contributed by atoms with van der Waals surface area (Å²) in [5, 5.41) is 0. The zero-order chi connectivity index (χ0) is 53.7. The monoisotopic (exact) mass is 1370 g/mol. The molecule has 12 rings (SSSR count). The average molecular weight is 1370 g/mol. The summed E-state index contributed by atoms with van der Waals surface area (Å²) in [4.78, 5) is 0. The molecule has 12 aromatic rings. The van der Waals surface area contributed by atoms with E-state index in [0.717, 1.165) is 0 Å². The summed E-state index contributed by atoms with van der Waals surface area (Å²) in [6, 6.07) is 131. The Hall–Kier alpha value is -6.21. The van der Waals surface area contributed by atoms with Gasteiger partial charge in [0.1, 0.15) is 0 Å². The SMILES string of the molecule is [Cl][Ru].c1ccc([AsH](c2ccccc2)c2ccccc2)cc1.c1ccc([AsH](c2ccccc2)c2ccccc2)cc1.c1ccc([AsH](c2ccccc2)c2ccccc2)cc1.c1ccc([AsH](c2ccccc2)c2ccccc2)cc1. The molecule has 0 nitrogen and oxygen atoms in total. The summed E-state index contributed by atoms with van der Waals surface area (Å²) in [5.74, 6) is 0. The van der Waals surface area contributed by atoms with Gasteiger partial charge in [0.15, 0.2) is 0 Å². The van der Waals surface area contributed by atoms with Gasteiger partial charge in [-0.05, 0) is 0 Å². The van der Waals surface area contributed by atoms with E-state index in [4.69, 9.17) is 0 Å². The second kappa shape index (κ2) is 33.3. The summed E-state index contributed by atoms with van der Waals surface area (Å²) in [5.41, 5.74) is 0. The van der Waals surface area contributed by atoms with E-state index >= 15 is 0 Å². The molecule has 0 bridgehead atoms. The summed E-state index contributed by atoms with van der Waals surface area (Å²) in [6.07, 6.45) is 0. The predicted octanol–water partition coefficient (Wildman–Crippen LogP) is 8.43. The van der Waals surface area contributed by atoms with Crippen LogP contribution in [0.2, 0.25) is 0 Å². The molecule has 0 saturated carbocycles. The predicted molar refractivity (Wildman–Crippen MR) is 347 cm³/mol. The molecule has 78 heavy (non-hydrogen) atoms. The quantitative estimate of drug-likeness (QED) is 0.108. The van der Waals surface area contributed by atoms with Crippen LogP contribution in [0.1, 0.15) is 0 Å². The molecule has 4 radical (unpaired) electrons. The van der Waals surface area contributed by atoms with Crippen LogP contribution in [0, 0.1) is 0 Å². The Balaban J connectivity index is 0.000000136. The number of hydrogen-bond acceptors (Lipinski definition) is 0. The molecule has 0 amide bonds. The molecular formula is C72H64As4ClRu. The van der Waals surface area contributed by atoms with Gasteiger partial charge in [0, 0.05) is 0 Å². The molecule has 6 heteroatoms. The molecule has 0 fully saturated rings. The number of halogens is 1.